The number of rotatable bonds is 7. The highest BCUT2D eigenvalue weighted by Crippen LogP contribution is 2.29. The molecule has 0 aliphatic heterocycles. The average molecular weight is 498 g/mol. The van der Waals surface area contributed by atoms with Crippen molar-refractivity contribution in [1.82, 2.24) is 4.98 Å². The van der Waals surface area contributed by atoms with Crippen LogP contribution >= 0.6 is 11.6 Å². The zero-order chi connectivity index (χ0) is 25.7. The highest BCUT2D eigenvalue weighted by molar-refractivity contribution is 6.31. The monoisotopic (exact) mass is 497 g/mol. The fraction of sp³-hybridized carbons (Fsp3) is 0.161. The van der Waals surface area contributed by atoms with Crippen molar-refractivity contribution in [2.24, 2.45) is 0 Å². The second-order valence-electron chi connectivity index (χ2n) is 9.09. The lowest BCUT2D eigenvalue weighted by Crippen LogP contribution is -2.25. The molecule has 1 aromatic heterocycles. The molecule has 0 fully saturated rings. The summed E-state index contributed by atoms with van der Waals surface area (Å²) < 4.78 is 5.52. The fourth-order valence-electron chi connectivity index (χ4n) is 4.21. The number of carbonyl (C=O) groups excluding carboxylic acids is 1. The largest absolute Gasteiger partial charge is 0.508 e. The smallest absolute Gasteiger partial charge is 0.303 e. The van der Waals surface area contributed by atoms with E-state index in [1.807, 2.05) is 105 Å². The first-order valence-electron chi connectivity index (χ1n) is 11.7. The number of ether oxygens (including phenoxy) is 1. The van der Waals surface area contributed by atoms with E-state index in [1.165, 1.54) is 6.92 Å². The van der Waals surface area contributed by atoms with Gasteiger partial charge in [0.15, 0.2) is 0 Å². The molecule has 5 heteroatoms. The molecule has 4 aromatic rings. The van der Waals surface area contributed by atoms with Crippen molar-refractivity contribution in [3.63, 3.8) is 0 Å². The number of hydrogen-bond acceptors (Lipinski definition) is 4. The van der Waals surface area contributed by atoms with E-state index in [-0.39, 0.29) is 11.7 Å². The molecule has 0 amide bonds. The number of aliphatic hydroxyl groups excluding tert-OH is 1. The molecule has 0 atom stereocenters. The lowest BCUT2D eigenvalue weighted by atomic mass is 9.91. The Bertz CT molecular complexity index is 1470. The molecule has 0 saturated carbocycles. The highest BCUT2D eigenvalue weighted by Gasteiger charge is 2.26. The van der Waals surface area contributed by atoms with Crippen LogP contribution in [0.4, 0.5) is 0 Å². The Balaban J connectivity index is 1.53. The molecule has 3 aromatic carbocycles. The van der Waals surface area contributed by atoms with Crippen LogP contribution in [0.3, 0.4) is 0 Å². The maximum atomic E-state index is 11.6. The number of hydrogen-bond donors (Lipinski definition) is 1. The van der Waals surface area contributed by atoms with E-state index in [9.17, 15) is 9.90 Å². The third-order valence-corrected chi connectivity index (χ3v) is 6.12. The molecule has 182 valence electrons. The van der Waals surface area contributed by atoms with Crippen molar-refractivity contribution in [2.75, 3.05) is 0 Å². The Hall–Kier alpha value is -3.89. The molecule has 1 heterocycles. The van der Waals surface area contributed by atoms with E-state index in [0.29, 0.717) is 17.0 Å². The maximum absolute atomic E-state index is 11.6. The quantitative estimate of drug-likeness (QED) is 0.207. The summed E-state index contributed by atoms with van der Waals surface area (Å²) >= 11 is 6.10. The molecule has 0 bridgehead atoms. The summed E-state index contributed by atoms with van der Waals surface area (Å²) in [7, 11) is 0. The van der Waals surface area contributed by atoms with E-state index in [1.54, 1.807) is 6.08 Å². The van der Waals surface area contributed by atoms with Gasteiger partial charge in [-0.2, -0.15) is 0 Å². The second kappa shape index (κ2) is 10.8. The van der Waals surface area contributed by atoms with Crippen LogP contribution in [-0.4, -0.2) is 16.1 Å². The molecule has 0 unspecified atom stereocenters. The molecule has 0 saturated heterocycles. The zero-order valence-electron chi connectivity index (χ0n) is 20.5. The molecule has 0 aliphatic rings. The molecule has 0 aliphatic carbocycles. The maximum Gasteiger partial charge on any atom is 0.303 e. The number of esters is 1. The van der Waals surface area contributed by atoms with Crippen molar-refractivity contribution in [2.45, 2.75) is 32.8 Å². The lowest BCUT2D eigenvalue weighted by molar-refractivity contribution is -0.154. The molecule has 1 N–H and O–H groups in total. The van der Waals surface area contributed by atoms with Crippen molar-refractivity contribution < 1.29 is 14.6 Å². The van der Waals surface area contributed by atoms with Gasteiger partial charge in [-0.1, -0.05) is 72.3 Å². The van der Waals surface area contributed by atoms with Gasteiger partial charge < -0.3 is 9.84 Å². The van der Waals surface area contributed by atoms with Crippen molar-refractivity contribution >= 4 is 46.4 Å². The Morgan fingerprint density at radius 3 is 2.58 bits per heavy atom. The van der Waals surface area contributed by atoms with Crippen molar-refractivity contribution in [1.29, 1.82) is 0 Å². The summed E-state index contributed by atoms with van der Waals surface area (Å²) in [5.74, 6) is -0.149. The Morgan fingerprint density at radius 1 is 1.00 bits per heavy atom. The van der Waals surface area contributed by atoms with Crippen LogP contribution < -0.4 is 0 Å². The number of fused-ring (bicyclic) bond motifs is 1. The molecule has 0 spiro atoms. The Morgan fingerprint density at radius 2 is 1.78 bits per heavy atom. The van der Waals surface area contributed by atoms with Gasteiger partial charge in [-0.3, -0.25) is 4.79 Å². The summed E-state index contributed by atoms with van der Waals surface area (Å²) in [5, 5.41) is 12.5. The molecule has 4 rings (SSSR count). The molecular formula is C31H28ClNO3. The fourth-order valence-corrected chi connectivity index (χ4v) is 4.37. The number of aliphatic hydroxyl groups is 1. The first-order chi connectivity index (χ1) is 17.2. The number of carbonyl (C=O) groups is 1. The van der Waals surface area contributed by atoms with Gasteiger partial charge in [0.1, 0.15) is 11.4 Å². The highest BCUT2D eigenvalue weighted by atomic mass is 35.5. The summed E-state index contributed by atoms with van der Waals surface area (Å²) in [6, 6.07) is 25.1. The first kappa shape index (κ1) is 25.2. The van der Waals surface area contributed by atoms with Gasteiger partial charge in [-0.15, -0.1) is 0 Å². The third-order valence-electron chi connectivity index (χ3n) is 5.88. The van der Waals surface area contributed by atoms with Crippen molar-refractivity contribution in [3.8, 4) is 0 Å². The zero-order valence-corrected chi connectivity index (χ0v) is 21.3. The van der Waals surface area contributed by atoms with Crippen LogP contribution in [-0.2, 0) is 21.6 Å². The third kappa shape index (κ3) is 6.21. The van der Waals surface area contributed by atoms with Gasteiger partial charge in [0.05, 0.1) is 11.2 Å². The van der Waals surface area contributed by atoms with E-state index in [0.717, 1.165) is 33.3 Å². The van der Waals surface area contributed by atoms with Crippen LogP contribution in [0.2, 0.25) is 5.02 Å². The molecule has 4 nitrogen and oxygen atoms in total. The van der Waals surface area contributed by atoms with Gasteiger partial charge in [0.2, 0.25) is 0 Å². The van der Waals surface area contributed by atoms with Crippen LogP contribution in [0.5, 0.6) is 0 Å². The van der Waals surface area contributed by atoms with Crippen molar-refractivity contribution in [3.05, 3.63) is 118 Å². The Kier molecular flexibility index (Phi) is 7.56. The predicted molar refractivity (Wildman–Crippen MR) is 148 cm³/mol. The number of nitrogens with zero attached hydrogens (tertiary/aromatic N) is 1. The minimum Gasteiger partial charge on any atom is -0.508 e. The van der Waals surface area contributed by atoms with Crippen LogP contribution in [0.1, 0.15) is 48.7 Å². The number of allylic oxidation sites excluding steroid dienone is 1. The van der Waals surface area contributed by atoms with E-state index < -0.39 is 5.60 Å². The normalized spacial score (nSPS) is 12.3. The van der Waals surface area contributed by atoms with Gasteiger partial charge in [0, 0.05) is 22.9 Å². The van der Waals surface area contributed by atoms with Crippen LogP contribution in [0.15, 0.2) is 84.9 Å². The first-order valence-corrected chi connectivity index (χ1v) is 12.1. The number of halogens is 1. The average Bonchev–Trinajstić information content (AvgIpc) is 2.85. The lowest BCUT2D eigenvalue weighted by Gasteiger charge is -2.27. The summed E-state index contributed by atoms with van der Waals surface area (Å²) in [6.45, 7) is 5.14. The minimum absolute atomic E-state index is 0.184. The molecule has 36 heavy (non-hydrogen) atoms. The molecule has 0 radical (unpaired) electrons. The summed E-state index contributed by atoms with van der Waals surface area (Å²) in [6.07, 6.45) is 6.18. The van der Waals surface area contributed by atoms with Crippen LogP contribution in [0.25, 0.3) is 28.8 Å². The van der Waals surface area contributed by atoms with Gasteiger partial charge in [0.25, 0.3) is 0 Å². The topological polar surface area (TPSA) is 59.4 Å². The summed E-state index contributed by atoms with van der Waals surface area (Å²) in [5.41, 5.74) is 4.44. The second-order valence-corrected chi connectivity index (χ2v) is 9.52. The van der Waals surface area contributed by atoms with Gasteiger partial charge >= 0.3 is 5.97 Å². The Labute approximate surface area is 216 Å². The van der Waals surface area contributed by atoms with Gasteiger partial charge in [-0.25, -0.2) is 4.98 Å². The van der Waals surface area contributed by atoms with Gasteiger partial charge in [-0.05, 0) is 73.4 Å². The molecular weight excluding hydrogens is 470 g/mol. The minimum atomic E-state index is -0.765. The van der Waals surface area contributed by atoms with E-state index >= 15 is 0 Å². The van der Waals surface area contributed by atoms with E-state index in [2.05, 4.69) is 4.98 Å². The summed E-state index contributed by atoms with van der Waals surface area (Å²) in [4.78, 5) is 16.2. The standard InChI is InChI=1S/C31H28ClNO3/c1-21(34)36-31(2,3)28-10-5-4-8-23(28)14-18-30(35)25-9-6-7-22(19-25)11-16-27-17-13-24-12-15-26(32)20-29(24)33-27/h4-13,15-20,35H,14H2,1-3H3/b16-11+,30-18-. The number of pyridine rings is 1. The predicted octanol–water partition coefficient (Wildman–Crippen LogP) is 8.00. The number of aromatic nitrogens is 1. The van der Waals surface area contributed by atoms with Crippen LogP contribution in [0, 0.1) is 0 Å². The van der Waals surface area contributed by atoms with E-state index in [4.69, 9.17) is 16.3 Å². The SMILES string of the molecule is CC(=O)OC(C)(C)c1ccccc1C/C=C(\O)c1cccc(/C=C/c2ccc3ccc(Cl)cc3n2)c1. The number of benzene rings is 3.